The molecule has 1 N–H and O–H groups in total. The number of halogens is 1. The standard InChI is InChI=1S/C16H22ClN3O3/c1-11(2)23-15(21)12-4-5-13(17)14(10-12)18-16(22)20-8-6-19(3)7-9-20/h4-5,10-11H,6-9H2,1-3H3,(H,18,22). The van der Waals surface area contributed by atoms with E-state index in [0.29, 0.717) is 29.4 Å². The predicted molar refractivity (Wildman–Crippen MR) is 90.1 cm³/mol. The highest BCUT2D eigenvalue weighted by Gasteiger charge is 2.20. The number of ether oxygens (including phenoxy) is 1. The molecule has 0 atom stereocenters. The minimum atomic E-state index is -0.438. The largest absolute Gasteiger partial charge is 0.459 e. The van der Waals surface area contributed by atoms with Crippen LogP contribution in [0, 0.1) is 0 Å². The summed E-state index contributed by atoms with van der Waals surface area (Å²) in [7, 11) is 2.02. The Labute approximate surface area is 141 Å². The molecule has 0 spiro atoms. The molecule has 6 nitrogen and oxygen atoms in total. The lowest BCUT2D eigenvalue weighted by Crippen LogP contribution is -2.48. The molecule has 1 heterocycles. The third-order valence-electron chi connectivity index (χ3n) is 3.58. The van der Waals surface area contributed by atoms with E-state index in [-0.39, 0.29) is 12.1 Å². The summed E-state index contributed by atoms with van der Waals surface area (Å²) in [6, 6.07) is 4.49. The Bertz CT molecular complexity index is 584. The third kappa shape index (κ3) is 4.84. The Balaban J connectivity index is 2.07. The highest BCUT2D eigenvalue weighted by molar-refractivity contribution is 6.33. The molecule has 1 aromatic rings. The second-order valence-electron chi connectivity index (χ2n) is 5.87. The zero-order valence-corrected chi connectivity index (χ0v) is 14.4. The fourth-order valence-corrected chi connectivity index (χ4v) is 2.40. The number of rotatable bonds is 3. The van der Waals surface area contributed by atoms with Crippen molar-refractivity contribution in [2.75, 3.05) is 38.5 Å². The number of piperazine rings is 1. The molecular weight excluding hydrogens is 318 g/mol. The first-order chi connectivity index (χ1) is 10.9. The quantitative estimate of drug-likeness (QED) is 0.860. The number of hydrogen-bond donors (Lipinski definition) is 1. The highest BCUT2D eigenvalue weighted by atomic mass is 35.5. The van der Waals surface area contributed by atoms with Gasteiger partial charge in [-0.2, -0.15) is 0 Å². The summed E-state index contributed by atoms with van der Waals surface area (Å²) in [5.74, 6) is -0.438. The van der Waals surface area contributed by atoms with Gasteiger partial charge in [-0.25, -0.2) is 9.59 Å². The topological polar surface area (TPSA) is 61.9 Å². The maximum absolute atomic E-state index is 12.3. The first kappa shape index (κ1) is 17.6. The Kier molecular flexibility index (Phi) is 5.85. The van der Waals surface area contributed by atoms with Gasteiger partial charge in [-0.3, -0.25) is 0 Å². The molecule has 0 unspecified atom stereocenters. The summed E-state index contributed by atoms with van der Waals surface area (Å²) in [5.41, 5.74) is 0.769. The van der Waals surface area contributed by atoms with Gasteiger partial charge in [-0.1, -0.05) is 11.6 Å². The molecule has 2 amide bonds. The molecule has 2 rings (SSSR count). The smallest absolute Gasteiger partial charge is 0.338 e. The van der Waals surface area contributed by atoms with Crippen LogP contribution in [0.4, 0.5) is 10.5 Å². The molecule has 0 aromatic heterocycles. The number of likely N-dealkylation sites (N-methyl/N-ethyl adjacent to an activating group) is 1. The molecule has 7 heteroatoms. The van der Waals surface area contributed by atoms with Crippen molar-refractivity contribution < 1.29 is 14.3 Å². The van der Waals surface area contributed by atoms with Crippen LogP contribution in [-0.4, -0.2) is 61.1 Å². The van der Waals surface area contributed by atoms with Gasteiger partial charge < -0.3 is 19.9 Å². The number of hydrogen-bond acceptors (Lipinski definition) is 4. The molecule has 1 aromatic carbocycles. The van der Waals surface area contributed by atoms with Crippen LogP contribution in [0.1, 0.15) is 24.2 Å². The van der Waals surface area contributed by atoms with Crippen LogP contribution in [0.25, 0.3) is 0 Å². The minimum absolute atomic E-state index is 0.207. The number of nitrogens with one attached hydrogen (secondary N) is 1. The first-order valence-electron chi connectivity index (χ1n) is 7.62. The van der Waals surface area contributed by atoms with Gasteiger partial charge >= 0.3 is 12.0 Å². The van der Waals surface area contributed by atoms with Crippen molar-refractivity contribution in [3.8, 4) is 0 Å². The van der Waals surface area contributed by atoms with Gasteiger partial charge in [0.2, 0.25) is 0 Å². The minimum Gasteiger partial charge on any atom is -0.459 e. The van der Waals surface area contributed by atoms with Crippen LogP contribution in [0.5, 0.6) is 0 Å². The maximum Gasteiger partial charge on any atom is 0.338 e. The summed E-state index contributed by atoms with van der Waals surface area (Å²) in [5, 5.41) is 3.16. The Morgan fingerprint density at radius 1 is 1.22 bits per heavy atom. The van der Waals surface area contributed by atoms with E-state index in [1.165, 1.54) is 0 Å². The Morgan fingerprint density at radius 3 is 2.48 bits per heavy atom. The molecule has 1 aliphatic rings. The lowest BCUT2D eigenvalue weighted by Gasteiger charge is -2.32. The predicted octanol–water partition coefficient (Wildman–Crippen LogP) is 2.68. The fourth-order valence-electron chi connectivity index (χ4n) is 2.23. The number of anilines is 1. The lowest BCUT2D eigenvalue weighted by atomic mass is 10.2. The maximum atomic E-state index is 12.3. The molecule has 1 saturated heterocycles. The van der Waals surface area contributed by atoms with Crippen molar-refractivity contribution in [2.24, 2.45) is 0 Å². The second-order valence-corrected chi connectivity index (χ2v) is 6.28. The third-order valence-corrected chi connectivity index (χ3v) is 3.91. The summed E-state index contributed by atoms with van der Waals surface area (Å²) >= 11 is 6.12. The van der Waals surface area contributed by atoms with E-state index in [1.807, 2.05) is 7.05 Å². The van der Waals surface area contributed by atoms with Crippen molar-refractivity contribution in [1.82, 2.24) is 9.80 Å². The van der Waals surface area contributed by atoms with Crippen molar-refractivity contribution in [1.29, 1.82) is 0 Å². The van der Waals surface area contributed by atoms with Gasteiger partial charge in [0.25, 0.3) is 0 Å². The van der Waals surface area contributed by atoms with Crippen molar-refractivity contribution in [3.05, 3.63) is 28.8 Å². The summed E-state index contributed by atoms with van der Waals surface area (Å²) < 4.78 is 5.15. The van der Waals surface area contributed by atoms with Gasteiger partial charge in [0, 0.05) is 26.2 Å². The van der Waals surface area contributed by atoms with Crippen LogP contribution in [0.2, 0.25) is 5.02 Å². The van der Waals surface area contributed by atoms with E-state index >= 15 is 0 Å². The van der Waals surface area contributed by atoms with E-state index in [1.54, 1.807) is 36.9 Å². The van der Waals surface area contributed by atoms with E-state index in [0.717, 1.165) is 13.1 Å². The van der Waals surface area contributed by atoms with Gasteiger partial charge in [0.05, 0.1) is 22.4 Å². The van der Waals surface area contributed by atoms with Crippen molar-refractivity contribution in [2.45, 2.75) is 20.0 Å². The molecule has 0 radical (unpaired) electrons. The normalized spacial score (nSPS) is 15.6. The summed E-state index contributed by atoms with van der Waals surface area (Å²) in [6.07, 6.45) is -0.207. The van der Waals surface area contributed by atoms with E-state index in [2.05, 4.69) is 10.2 Å². The summed E-state index contributed by atoms with van der Waals surface area (Å²) in [4.78, 5) is 28.2. The average molecular weight is 340 g/mol. The molecule has 1 fully saturated rings. The van der Waals surface area contributed by atoms with Crippen LogP contribution >= 0.6 is 11.6 Å². The number of amides is 2. The number of carbonyl (C=O) groups excluding carboxylic acids is 2. The van der Waals surface area contributed by atoms with E-state index in [9.17, 15) is 9.59 Å². The molecule has 0 saturated carbocycles. The molecule has 126 valence electrons. The van der Waals surface area contributed by atoms with Gasteiger partial charge in [-0.05, 0) is 39.1 Å². The van der Waals surface area contributed by atoms with Crippen molar-refractivity contribution >= 4 is 29.3 Å². The number of nitrogens with zero attached hydrogens (tertiary/aromatic N) is 2. The Hall–Kier alpha value is -1.79. The number of benzene rings is 1. The van der Waals surface area contributed by atoms with Crippen molar-refractivity contribution in [3.63, 3.8) is 0 Å². The van der Waals surface area contributed by atoms with Crippen LogP contribution < -0.4 is 5.32 Å². The second kappa shape index (κ2) is 7.66. The average Bonchev–Trinajstić information content (AvgIpc) is 2.49. The van der Waals surface area contributed by atoms with Crippen LogP contribution in [-0.2, 0) is 4.74 Å². The summed E-state index contributed by atoms with van der Waals surface area (Å²) in [6.45, 7) is 6.56. The lowest BCUT2D eigenvalue weighted by molar-refractivity contribution is 0.0378. The van der Waals surface area contributed by atoms with E-state index < -0.39 is 5.97 Å². The van der Waals surface area contributed by atoms with E-state index in [4.69, 9.17) is 16.3 Å². The fraction of sp³-hybridized carbons (Fsp3) is 0.500. The Morgan fingerprint density at radius 2 is 1.87 bits per heavy atom. The van der Waals surface area contributed by atoms with Gasteiger partial charge in [0.15, 0.2) is 0 Å². The first-order valence-corrected chi connectivity index (χ1v) is 7.99. The van der Waals surface area contributed by atoms with Gasteiger partial charge in [-0.15, -0.1) is 0 Å². The SMILES string of the molecule is CC(C)OC(=O)c1ccc(Cl)c(NC(=O)N2CCN(C)CC2)c1. The molecule has 0 bridgehead atoms. The molecule has 23 heavy (non-hydrogen) atoms. The van der Waals surface area contributed by atoms with Gasteiger partial charge in [0.1, 0.15) is 0 Å². The zero-order valence-electron chi connectivity index (χ0n) is 13.6. The monoisotopic (exact) mass is 339 g/mol. The molecule has 1 aliphatic heterocycles. The van der Waals surface area contributed by atoms with Crippen LogP contribution in [0.3, 0.4) is 0 Å². The number of carbonyl (C=O) groups is 2. The zero-order chi connectivity index (χ0) is 17.0. The molecule has 0 aliphatic carbocycles. The number of esters is 1. The highest BCUT2D eigenvalue weighted by Crippen LogP contribution is 2.24. The molecular formula is C16H22ClN3O3. The van der Waals surface area contributed by atoms with Crippen LogP contribution in [0.15, 0.2) is 18.2 Å². The number of urea groups is 1.